The van der Waals surface area contributed by atoms with Gasteiger partial charge >= 0.3 is 0 Å². The first-order chi connectivity index (χ1) is 7.50. The number of aliphatic hydroxyl groups is 6. The van der Waals surface area contributed by atoms with Crippen LogP contribution in [-0.4, -0.2) is 80.5 Å². The predicted octanol–water partition coefficient (Wildman–Crippen LogP) is -3.43. The minimum absolute atomic E-state index is 0.0742. The fraction of sp³-hybridized carbons (Fsp3) is 1.00. The highest BCUT2D eigenvalue weighted by molar-refractivity contribution is 4.99. The Hall–Kier alpha value is -0.280. The summed E-state index contributed by atoms with van der Waals surface area (Å²) in [6.45, 7) is -0.0303. The second-order valence-corrected chi connectivity index (χ2v) is 3.87. The molecule has 0 heterocycles. The molecule has 5 unspecified atom stereocenters. The molecule has 0 saturated heterocycles. The van der Waals surface area contributed by atoms with E-state index >= 15 is 0 Å². The zero-order valence-electron chi connectivity index (χ0n) is 8.68. The molecule has 1 aliphatic rings. The molecule has 6 atom stereocenters. The van der Waals surface area contributed by atoms with Crippen LogP contribution >= 0.6 is 0 Å². The van der Waals surface area contributed by atoms with Crippen molar-refractivity contribution >= 4 is 0 Å². The lowest BCUT2D eigenvalue weighted by Gasteiger charge is -2.41. The summed E-state index contributed by atoms with van der Waals surface area (Å²) in [6, 6.07) is 0. The molecule has 1 saturated carbocycles. The van der Waals surface area contributed by atoms with E-state index in [9.17, 15) is 25.5 Å². The second-order valence-electron chi connectivity index (χ2n) is 3.87. The summed E-state index contributed by atoms with van der Waals surface area (Å²) in [5.41, 5.74) is 0. The number of hydrogen-bond donors (Lipinski definition) is 6. The molecule has 0 amide bonds. The molecule has 96 valence electrons. The van der Waals surface area contributed by atoms with E-state index in [0.29, 0.717) is 6.42 Å². The zero-order chi connectivity index (χ0) is 12.3. The third-order valence-corrected chi connectivity index (χ3v) is 2.69. The summed E-state index contributed by atoms with van der Waals surface area (Å²) >= 11 is 0. The lowest BCUT2D eigenvalue weighted by atomic mass is 9.85. The van der Waals surface area contributed by atoms with Crippen LogP contribution in [0, 0.1) is 0 Å². The average Bonchev–Trinajstić information content (AvgIpc) is 2.28. The first-order valence-corrected chi connectivity index (χ1v) is 5.13. The summed E-state index contributed by atoms with van der Waals surface area (Å²) in [4.78, 5) is 0. The van der Waals surface area contributed by atoms with Gasteiger partial charge in [0.25, 0.3) is 0 Å². The molecule has 1 rings (SSSR count). The highest BCUT2D eigenvalue weighted by Gasteiger charge is 2.48. The van der Waals surface area contributed by atoms with Crippen LogP contribution in [0.2, 0.25) is 0 Å². The van der Waals surface area contributed by atoms with Crippen molar-refractivity contribution in [2.75, 3.05) is 13.2 Å². The number of ether oxygens (including phenoxy) is 1. The van der Waals surface area contributed by atoms with Crippen molar-refractivity contribution in [3.63, 3.8) is 0 Å². The molecule has 0 aliphatic heterocycles. The van der Waals surface area contributed by atoms with Crippen LogP contribution < -0.4 is 0 Å². The Balaban J connectivity index is 2.60. The summed E-state index contributed by atoms with van der Waals surface area (Å²) in [5, 5.41) is 55.6. The topological polar surface area (TPSA) is 131 Å². The van der Waals surface area contributed by atoms with Crippen molar-refractivity contribution < 1.29 is 35.4 Å². The quantitative estimate of drug-likeness (QED) is 0.281. The van der Waals surface area contributed by atoms with Gasteiger partial charge in [0, 0.05) is 13.2 Å². The maximum absolute atomic E-state index is 9.53. The summed E-state index contributed by atoms with van der Waals surface area (Å²) in [5.74, 6) is 0. The average molecular weight is 238 g/mol. The van der Waals surface area contributed by atoms with E-state index < -0.39 is 36.6 Å². The summed E-state index contributed by atoms with van der Waals surface area (Å²) in [6.07, 6.45) is -8.58. The first kappa shape index (κ1) is 13.8. The number of hydrogen-bond acceptors (Lipinski definition) is 7. The van der Waals surface area contributed by atoms with Gasteiger partial charge in [-0.3, -0.25) is 0 Å². The van der Waals surface area contributed by atoms with E-state index in [-0.39, 0.29) is 13.2 Å². The van der Waals surface area contributed by atoms with E-state index in [1.54, 1.807) is 0 Å². The Kier molecular flexibility index (Phi) is 5.06. The van der Waals surface area contributed by atoms with Crippen LogP contribution in [-0.2, 0) is 4.74 Å². The van der Waals surface area contributed by atoms with E-state index in [0.717, 1.165) is 0 Å². The zero-order valence-corrected chi connectivity index (χ0v) is 8.68. The molecule has 1 aliphatic carbocycles. The smallest absolute Gasteiger partial charge is 0.114 e. The molecular formula is C9H18O7. The van der Waals surface area contributed by atoms with Crippen molar-refractivity contribution in [3.05, 3.63) is 0 Å². The van der Waals surface area contributed by atoms with Crippen molar-refractivity contribution in [3.8, 4) is 0 Å². The van der Waals surface area contributed by atoms with Crippen LogP contribution in [0.1, 0.15) is 6.42 Å². The molecule has 16 heavy (non-hydrogen) atoms. The Bertz CT molecular complexity index is 196. The minimum atomic E-state index is -1.61. The highest BCUT2D eigenvalue weighted by Crippen LogP contribution is 2.23. The first-order valence-electron chi connectivity index (χ1n) is 5.13. The van der Waals surface area contributed by atoms with E-state index in [4.69, 9.17) is 9.84 Å². The van der Waals surface area contributed by atoms with Gasteiger partial charge in [0.1, 0.15) is 36.6 Å². The lowest BCUT2D eigenvalue weighted by molar-refractivity contribution is -0.235. The number of rotatable bonds is 4. The van der Waals surface area contributed by atoms with Crippen molar-refractivity contribution in [1.82, 2.24) is 0 Å². The number of aliphatic hydroxyl groups excluding tert-OH is 6. The maximum atomic E-state index is 9.53. The standard InChI is InChI=1S/C9H18O7/c10-2-1-3-16-9-7(14)5(12)4(11)6(13)8(9)15/h4-15H,1-3H2/t4?,5?,6?,7-,8?,9?/m0/s1. The summed E-state index contributed by atoms with van der Waals surface area (Å²) < 4.78 is 5.05. The fourth-order valence-corrected chi connectivity index (χ4v) is 1.68. The Labute approximate surface area is 92.5 Å². The minimum Gasteiger partial charge on any atom is -0.396 e. The molecule has 0 aromatic heterocycles. The van der Waals surface area contributed by atoms with Gasteiger partial charge in [-0.1, -0.05) is 0 Å². The van der Waals surface area contributed by atoms with Gasteiger partial charge in [-0.25, -0.2) is 0 Å². The Morgan fingerprint density at radius 2 is 1.19 bits per heavy atom. The van der Waals surface area contributed by atoms with Gasteiger partial charge in [-0.15, -0.1) is 0 Å². The summed E-state index contributed by atoms with van der Waals surface area (Å²) in [7, 11) is 0. The van der Waals surface area contributed by atoms with Crippen LogP contribution in [0.3, 0.4) is 0 Å². The van der Waals surface area contributed by atoms with Gasteiger partial charge in [0.2, 0.25) is 0 Å². The molecule has 0 aromatic rings. The van der Waals surface area contributed by atoms with Crippen molar-refractivity contribution in [2.24, 2.45) is 0 Å². The molecule has 6 N–H and O–H groups in total. The molecule has 1 fully saturated rings. The normalized spacial score (nSPS) is 44.6. The van der Waals surface area contributed by atoms with Gasteiger partial charge in [-0.2, -0.15) is 0 Å². The molecular weight excluding hydrogens is 220 g/mol. The molecule has 7 nitrogen and oxygen atoms in total. The highest BCUT2D eigenvalue weighted by atomic mass is 16.5. The van der Waals surface area contributed by atoms with Crippen LogP contribution in [0.4, 0.5) is 0 Å². The lowest BCUT2D eigenvalue weighted by Crippen LogP contribution is -2.64. The van der Waals surface area contributed by atoms with Crippen LogP contribution in [0.25, 0.3) is 0 Å². The van der Waals surface area contributed by atoms with Gasteiger partial charge in [0.05, 0.1) is 0 Å². The Morgan fingerprint density at radius 1 is 0.750 bits per heavy atom. The third-order valence-electron chi connectivity index (χ3n) is 2.69. The van der Waals surface area contributed by atoms with Gasteiger partial charge in [0.15, 0.2) is 0 Å². The molecule has 0 aromatic carbocycles. The second kappa shape index (κ2) is 5.87. The van der Waals surface area contributed by atoms with E-state index in [2.05, 4.69) is 0 Å². The van der Waals surface area contributed by atoms with Crippen molar-refractivity contribution in [1.29, 1.82) is 0 Å². The monoisotopic (exact) mass is 238 g/mol. The van der Waals surface area contributed by atoms with Crippen molar-refractivity contribution in [2.45, 2.75) is 43.0 Å². The van der Waals surface area contributed by atoms with E-state index in [1.807, 2.05) is 0 Å². The third kappa shape index (κ3) is 2.69. The molecule has 0 radical (unpaired) electrons. The van der Waals surface area contributed by atoms with E-state index in [1.165, 1.54) is 0 Å². The largest absolute Gasteiger partial charge is 0.396 e. The molecule has 7 heteroatoms. The predicted molar refractivity (Wildman–Crippen MR) is 51.5 cm³/mol. The van der Waals surface area contributed by atoms with Crippen LogP contribution in [0.15, 0.2) is 0 Å². The Morgan fingerprint density at radius 3 is 1.62 bits per heavy atom. The van der Waals surface area contributed by atoms with Gasteiger partial charge in [-0.05, 0) is 6.42 Å². The molecule has 0 bridgehead atoms. The van der Waals surface area contributed by atoms with Gasteiger partial charge < -0.3 is 35.4 Å². The maximum Gasteiger partial charge on any atom is 0.114 e. The van der Waals surface area contributed by atoms with Crippen LogP contribution in [0.5, 0.6) is 0 Å². The molecule has 0 spiro atoms. The SMILES string of the molecule is OCCCOC1C(O)C(O)C(O)C(O)[C@@H]1O. The fourth-order valence-electron chi connectivity index (χ4n) is 1.68.